The topological polar surface area (TPSA) is 93.3 Å². The lowest BCUT2D eigenvalue weighted by atomic mass is 10.0. The first kappa shape index (κ1) is 12.9. The average molecular weight is 246 g/mol. The predicted octanol–water partition coefficient (Wildman–Crippen LogP) is 1.86. The summed E-state index contributed by atoms with van der Waals surface area (Å²) in [5, 5.41) is 19.0. The summed E-state index contributed by atoms with van der Waals surface area (Å²) in [5.41, 5.74) is -1.14. The van der Waals surface area contributed by atoms with Gasteiger partial charge in [-0.1, -0.05) is 0 Å². The minimum atomic E-state index is -2.98. The highest BCUT2D eigenvalue weighted by atomic mass is 19.3. The van der Waals surface area contributed by atoms with Crippen molar-refractivity contribution in [3.8, 4) is 0 Å². The lowest BCUT2D eigenvalue weighted by Crippen LogP contribution is -2.09. The van der Waals surface area contributed by atoms with E-state index >= 15 is 0 Å². The lowest BCUT2D eigenvalue weighted by molar-refractivity contribution is -0.390. The van der Waals surface area contributed by atoms with E-state index in [1.807, 2.05) is 0 Å². The summed E-state index contributed by atoms with van der Waals surface area (Å²) in [6.45, 7) is 1.12. The largest absolute Gasteiger partial charge is 0.481 e. The van der Waals surface area contributed by atoms with Crippen LogP contribution in [0.1, 0.15) is 23.1 Å². The molecule has 0 spiro atoms. The molecule has 0 aliphatic rings. The summed E-state index contributed by atoms with van der Waals surface area (Å²) in [5.74, 6) is -1.99. The second-order valence-corrected chi connectivity index (χ2v) is 3.27. The van der Waals surface area contributed by atoms with E-state index in [2.05, 4.69) is 4.98 Å². The molecule has 92 valence electrons. The van der Waals surface area contributed by atoms with E-state index < -0.39 is 35.1 Å². The quantitative estimate of drug-likeness (QED) is 0.646. The average Bonchev–Trinajstić information content (AvgIpc) is 2.15. The van der Waals surface area contributed by atoms with E-state index in [4.69, 9.17) is 5.11 Å². The highest BCUT2D eigenvalue weighted by Gasteiger charge is 2.26. The summed E-state index contributed by atoms with van der Waals surface area (Å²) >= 11 is 0. The number of halogens is 2. The monoisotopic (exact) mass is 246 g/mol. The zero-order valence-corrected chi connectivity index (χ0v) is 8.68. The number of aromatic nitrogens is 1. The van der Waals surface area contributed by atoms with Gasteiger partial charge >= 0.3 is 11.8 Å². The molecule has 1 aromatic rings. The van der Waals surface area contributed by atoms with Gasteiger partial charge in [-0.3, -0.25) is 4.79 Å². The maximum atomic E-state index is 12.7. The molecule has 1 N–H and O–H groups in total. The fourth-order valence-electron chi connectivity index (χ4n) is 1.46. The number of pyridine rings is 1. The van der Waals surface area contributed by atoms with E-state index in [0.29, 0.717) is 0 Å². The van der Waals surface area contributed by atoms with Gasteiger partial charge in [0.05, 0.1) is 12.0 Å². The molecular formula is C9H8F2N2O4. The third-order valence-electron chi connectivity index (χ3n) is 2.16. The molecule has 1 rings (SSSR count). The number of alkyl halides is 2. The van der Waals surface area contributed by atoms with Crippen LogP contribution in [0.3, 0.4) is 0 Å². The van der Waals surface area contributed by atoms with Crippen molar-refractivity contribution in [2.75, 3.05) is 0 Å². The summed E-state index contributed by atoms with van der Waals surface area (Å²) in [6.07, 6.45) is -2.82. The van der Waals surface area contributed by atoms with Crippen molar-refractivity contribution in [2.24, 2.45) is 0 Å². The smallest absolute Gasteiger partial charge is 0.366 e. The van der Waals surface area contributed by atoms with Crippen LogP contribution in [-0.2, 0) is 11.2 Å². The first-order chi connectivity index (χ1) is 7.84. The van der Waals surface area contributed by atoms with E-state index in [9.17, 15) is 23.7 Å². The minimum absolute atomic E-state index is 0.212. The molecule has 1 heterocycles. The molecule has 0 aliphatic heterocycles. The van der Waals surface area contributed by atoms with Gasteiger partial charge in [0.15, 0.2) is 0 Å². The summed E-state index contributed by atoms with van der Waals surface area (Å²) < 4.78 is 25.5. The Morgan fingerprint density at radius 3 is 2.65 bits per heavy atom. The van der Waals surface area contributed by atoms with Crippen LogP contribution in [0, 0.1) is 17.0 Å². The zero-order valence-electron chi connectivity index (χ0n) is 8.68. The molecule has 0 amide bonds. The van der Waals surface area contributed by atoms with Gasteiger partial charge in [0, 0.05) is 11.1 Å². The van der Waals surface area contributed by atoms with Crippen molar-refractivity contribution in [3.05, 3.63) is 33.0 Å². The third kappa shape index (κ3) is 2.71. The molecule has 17 heavy (non-hydrogen) atoms. The van der Waals surface area contributed by atoms with Crippen molar-refractivity contribution in [2.45, 2.75) is 19.8 Å². The van der Waals surface area contributed by atoms with Gasteiger partial charge in [0.1, 0.15) is 6.20 Å². The number of aliphatic carboxylic acids is 1. The molecule has 0 saturated carbocycles. The van der Waals surface area contributed by atoms with Crippen LogP contribution in [0.15, 0.2) is 6.20 Å². The number of carboxylic acids is 1. The van der Waals surface area contributed by atoms with Crippen molar-refractivity contribution >= 4 is 11.8 Å². The van der Waals surface area contributed by atoms with E-state index in [1.54, 1.807) is 0 Å². The van der Waals surface area contributed by atoms with Crippen molar-refractivity contribution < 1.29 is 23.6 Å². The van der Waals surface area contributed by atoms with Crippen LogP contribution in [0.2, 0.25) is 0 Å². The van der Waals surface area contributed by atoms with Gasteiger partial charge in [-0.25, -0.2) is 8.78 Å². The Hall–Kier alpha value is -2.12. The van der Waals surface area contributed by atoms with Gasteiger partial charge in [0.25, 0.3) is 6.43 Å². The lowest BCUT2D eigenvalue weighted by Gasteiger charge is -2.08. The van der Waals surface area contributed by atoms with Gasteiger partial charge < -0.3 is 15.2 Å². The third-order valence-corrected chi connectivity index (χ3v) is 2.16. The van der Waals surface area contributed by atoms with Crippen LogP contribution in [0.5, 0.6) is 0 Å². The van der Waals surface area contributed by atoms with Crippen molar-refractivity contribution in [3.63, 3.8) is 0 Å². The van der Waals surface area contributed by atoms with Crippen molar-refractivity contribution in [1.29, 1.82) is 0 Å². The van der Waals surface area contributed by atoms with Gasteiger partial charge in [0.2, 0.25) is 0 Å². The molecule has 8 heteroatoms. The Labute approximate surface area is 94.1 Å². The second kappa shape index (κ2) is 4.81. The van der Waals surface area contributed by atoms with Crippen molar-refractivity contribution in [1.82, 2.24) is 4.98 Å². The fraction of sp³-hybridized carbons (Fsp3) is 0.333. The highest BCUT2D eigenvalue weighted by molar-refractivity contribution is 5.71. The second-order valence-electron chi connectivity index (χ2n) is 3.27. The molecule has 0 fully saturated rings. The Bertz CT molecular complexity index is 476. The maximum Gasteiger partial charge on any atom is 0.366 e. The van der Waals surface area contributed by atoms with E-state index in [0.717, 1.165) is 13.1 Å². The van der Waals surface area contributed by atoms with Crippen LogP contribution in [-0.4, -0.2) is 21.0 Å². The Balaban J connectivity index is 3.39. The molecule has 0 bridgehead atoms. The van der Waals surface area contributed by atoms with Crippen LogP contribution in [0.25, 0.3) is 0 Å². The Kier molecular flexibility index (Phi) is 3.66. The molecule has 0 radical (unpaired) electrons. The first-order valence-electron chi connectivity index (χ1n) is 4.47. The number of rotatable bonds is 4. The SMILES string of the molecule is Cc1c([N+](=O)[O-])ncc(CC(=O)O)c1C(F)F. The molecule has 0 saturated heterocycles. The minimum Gasteiger partial charge on any atom is -0.481 e. The summed E-state index contributed by atoms with van der Waals surface area (Å²) in [4.78, 5) is 23.5. The number of hydrogen-bond acceptors (Lipinski definition) is 4. The van der Waals surface area contributed by atoms with Crippen LogP contribution in [0.4, 0.5) is 14.6 Å². The predicted molar refractivity (Wildman–Crippen MR) is 51.9 cm³/mol. The van der Waals surface area contributed by atoms with E-state index in [1.165, 1.54) is 0 Å². The van der Waals surface area contributed by atoms with E-state index in [-0.39, 0.29) is 11.1 Å². The molecule has 6 nitrogen and oxygen atoms in total. The number of nitro groups is 1. The summed E-state index contributed by atoms with van der Waals surface area (Å²) in [6, 6.07) is 0. The highest BCUT2D eigenvalue weighted by Crippen LogP contribution is 2.30. The zero-order chi connectivity index (χ0) is 13.2. The normalized spacial score (nSPS) is 10.6. The number of nitrogens with zero attached hydrogens (tertiary/aromatic N) is 2. The Morgan fingerprint density at radius 1 is 1.65 bits per heavy atom. The number of carboxylic acid groups (broad SMARTS) is 1. The Morgan fingerprint density at radius 2 is 2.24 bits per heavy atom. The van der Waals surface area contributed by atoms with Gasteiger partial charge in [-0.15, -0.1) is 0 Å². The standard InChI is InChI=1S/C9H8F2N2O4/c1-4-7(8(10)11)5(2-6(14)15)3-12-9(4)13(16)17/h3,8H,2H2,1H3,(H,14,15). The van der Waals surface area contributed by atoms with Crippen LogP contribution < -0.4 is 0 Å². The number of carbonyl (C=O) groups is 1. The van der Waals surface area contributed by atoms with Crippen LogP contribution >= 0.6 is 0 Å². The maximum absolute atomic E-state index is 12.7. The summed E-state index contributed by atoms with van der Waals surface area (Å²) in [7, 11) is 0. The molecular weight excluding hydrogens is 238 g/mol. The van der Waals surface area contributed by atoms with Gasteiger partial charge in [-0.05, 0) is 16.8 Å². The molecule has 0 aromatic carbocycles. The molecule has 1 aromatic heterocycles. The fourth-order valence-corrected chi connectivity index (χ4v) is 1.46. The number of hydrogen-bond donors (Lipinski definition) is 1. The van der Waals surface area contributed by atoms with Gasteiger partial charge in [-0.2, -0.15) is 0 Å². The molecule has 0 aliphatic carbocycles. The first-order valence-corrected chi connectivity index (χ1v) is 4.47. The molecule has 0 unspecified atom stereocenters. The molecule has 0 atom stereocenters.